The minimum absolute atomic E-state index is 0.600. The molecule has 4 heteroatoms. The number of carbonyl (C=O) groups is 1. The zero-order valence-corrected chi connectivity index (χ0v) is 6.97. The highest BCUT2D eigenvalue weighted by atomic mass is 35.5. The number of rotatable bonds is 1. The Hall–Kier alpha value is -1.22. The maximum absolute atomic E-state index is 10.6. The third-order valence-electron chi connectivity index (χ3n) is 1.22. The first-order valence-electron chi connectivity index (χ1n) is 3.21. The van der Waals surface area contributed by atoms with Crippen LogP contribution >= 0.6 is 11.6 Å². The van der Waals surface area contributed by atoms with Gasteiger partial charge < -0.3 is 4.74 Å². The average Bonchev–Trinajstić information content (AvgIpc) is 2.09. The second-order valence-electron chi connectivity index (χ2n) is 2.06. The van der Waals surface area contributed by atoms with Crippen LogP contribution in [0, 0.1) is 7.11 Å². The van der Waals surface area contributed by atoms with Crippen molar-refractivity contribution < 1.29 is 9.53 Å². The molecule has 1 rings (SSSR count). The minimum atomic E-state index is -0.600. The van der Waals surface area contributed by atoms with Crippen LogP contribution in [0.15, 0.2) is 24.3 Å². The molecule has 0 spiro atoms. The Morgan fingerprint density at radius 1 is 1.42 bits per heavy atom. The van der Waals surface area contributed by atoms with Crippen molar-refractivity contribution >= 4 is 23.4 Å². The third kappa shape index (κ3) is 2.43. The number of amides is 1. The summed E-state index contributed by atoms with van der Waals surface area (Å²) in [4.78, 5) is 10.6. The normalized spacial score (nSPS) is 9.17. The second-order valence-corrected chi connectivity index (χ2v) is 2.50. The Morgan fingerprint density at radius 3 is 2.50 bits per heavy atom. The topological polar surface area (TPSA) is 38.3 Å². The zero-order chi connectivity index (χ0) is 8.97. The summed E-state index contributed by atoms with van der Waals surface area (Å²) in [6, 6.07) is 6.67. The first kappa shape index (κ1) is 8.87. The SMILES string of the molecule is [CH2]OC(=O)Nc1ccc(Cl)cc1. The van der Waals surface area contributed by atoms with Crippen molar-refractivity contribution in [2.24, 2.45) is 0 Å². The first-order chi connectivity index (χ1) is 5.72. The molecule has 1 N–H and O–H groups in total. The molecule has 63 valence electrons. The lowest BCUT2D eigenvalue weighted by atomic mass is 10.3. The number of anilines is 1. The summed E-state index contributed by atoms with van der Waals surface area (Å²) < 4.78 is 4.15. The van der Waals surface area contributed by atoms with Gasteiger partial charge in [-0.25, -0.2) is 4.79 Å². The molecule has 12 heavy (non-hydrogen) atoms. The van der Waals surface area contributed by atoms with E-state index in [4.69, 9.17) is 11.6 Å². The van der Waals surface area contributed by atoms with Gasteiger partial charge >= 0.3 is 6.09 Å². The van der Waals surface area contributed by atoms with Crippen molar-refractivity contribution in [2.75, 3.05) is 5.32 Å². The number of ether oxygens (including phenoxy) is 1. The Labute approximate surface area is 75.3 Å². The van der Waals surface area contributed by atoms with E-state index in [0.29, 0.717) is 10.7 Å². The van der Waals surface area contributed by atoms with Gasteiger partial charge in [0, 0.05) is 10.7 Å². The summed E-state index contributed by atoms with van der Waals surface area (Å²) >= 11 is 5.63. The molecule has 0 aliphatic rings. The van der Waals surface area contributed by atoms with Crippen LogP contribution in [0.25, 0.3) is 0 Å². The molecule has 0 aliphatic carbocycles. The summed E-state index contributed by atoms with van der Waals surface area (Å²) in [5.41, 5.74) is 0.619. The molecule has 3 nitrogen and oxygen atoms in total. The first-order valence-corrected chi connectivity index (χ1v) is 3.59. The van der Waals surface area contributed by atoms with E-state index in [1.54, 1.807) is 24.3 Å². The van der Waals surface area contributed by atoms with Crippen LogP contribution < -0.4 is 5.32 Å². The fourth-order valence-electron chi connectivity index (χ4n) is 0.687. The van der Waals surface area contributed by atoms with E-state index in [0.717, 1.165) is 0 Å². The van der Waals surface area contributed by atoms with Gasteiger partial charge in [0.25, 0.3) is 0 Å². The van der Waals surface area contributed by atoms with Crippen molar-refractivity contribution in [3.8, 4) is 0 Å². The lowest BCUT2D eigenvalue weighted by Crippen LogP contribution is -2.09. The van der Waals surface area contributed by atoms with Gasteiger partial charge in [-0.05, 0) is 24.3 Å². The maximum Gasteiger partial charge on any atom is 0.411 e. The fraction of sp³-hybridized carbons (Fsp3) is 0. The van der Waals surface area contributed by atoms with Crippen LogP contribution in [-0.2, 0) is 4.74 Å². The van der Waals surface area contributed by atoms with Crippen LogP contribution in [0.3, 0.4) is 0 Å². The fourth-order valence-corrected chi connectivity index (χ4v) is 0.813. The van der Waals surface area contributed by atoms with Gasteiger partial charge in [-0.3, -0.25) is 5.32 Å². The highest BCUT2D eigenvalue weighted by molar-refractivity contribution is 6.30. The van der Waals surface area contributed by atoms with E-state index in [1.807, 2.05) is 0 Å². The van der Waals surface area contributed by atoms with E-state index in [1.165, 1.54) is 0 Å². The Kier molecular flexibility index (Phi) is 2.94. The monoisotopic (exact) mass is 184 g/mol. The molecule has 0 fully saturated rings. The van der Waals surface area contributed by atoms with Crippen LogP contribution in [-0.4, -0.2) is 6.09 Å². The molecule has 0 saturated carbocycles. The zero-order valence-electron chi connectivity index (χ0n) is 6.21. The summed E-state index contributed by atoms with van der Waals surface area (Å²) in [6.07, 6.45) is -0.600. The molecule has 1 radical (unpaired) electrons. The van der Waals surface area contributed by atoms with Gasteiger partial charge in [0.1, 0.15) is 7.11 Å². The lowest BCUT2D eigenvalue weighted by Gasteiger charge is -2.01. The Morgan fingerprint density at radius 2 is 2.00 bits per heavy atom. The third-order valence-corrected chi connectivity index (χ3v) is 1.47. The van der Waals surface area contributed by atoms with Crippen LogP contribution in [0.4, 0.5) is 10.5 Å². The number of halogens is 1. The molecule has 0 aromatic heterocycles. The Bertz CT molecular complexity index is 271. The predicted molar refractivity (Wildman–Crippen MR) is 46.9 cm³/mol. The van der Waals surface area contributed by atoms with E-state index in [2.05, 4.69) is 17.2 Å². The molecule has 0 atom stereocenters. The summed E-state index contributed by atoms with van der Waals surface area (Å²) in [5.74, 6) is 0. The number of nitrogens with one attached hydrogen (secondary N) is 1. The number of hydrogen-bond acceptors (Lipinski definition) is 2. The molecule has 0 aliphatic heterocycles. The van der Waals surface area contributed by atoms with Crippen LogP contribution in [0.1, 0.15) is 0 Å². The van der Waals surface area contributed by atoms with Gasteiger partial charge in [-0.2, -0.15) is 0 Å². The molecule has 0 bridgehead atoms. The highest BCUT2D eigenvalue weighted by Gasteiger charge is 1.98. The Balaban J connectivity index is 2.64. The molecule has 0 heterocycles. The summed E-state index contributed by atoms with van der Waals surface area (Å²) in [7, 11) is 2.96. The quantitative estimate of drug-likeness (QED) is 0.729. The number of hydrogen-bond donors (Lipinski definition) is 1. The van der Waals surface area contributed by atoms with Crippen molar-refractivity contribution in [2.45, 2.75) is 0 Å². The lowest BCUT2D eigenvalue weighted by molar-refractivity contribution is 0.199. The smallest absolute Gasteiger partial charge is 0.411 e. The molecule has 1 amide bonds. The molecular weight excluding hydrogens is 178 g/mol. The van der Waals surface area contributed by atoms with Gasteiger partial charge in [0.05, 0.1) is 0 Å². The largest absolute Gasteiger partial charge is 0.446 e. The van der Waals surface area contributed by atoms with Gasteiger partial charge in [-0.15, -0.1) is 0 Å². The number of carbonyl (C=O) groups excluding carboxylic acids is 1. The standard InChI is InChI=1S/C8H7ClNO2/c1-12-8(11)10-7-4-2-6(9)3-5-7/h2-5H,1H2,(H,10,11). The highest BCUT2D eigenvalue weighted by Crippen LogP contribution is 2.13. The molecule has 1 aromatic carbocycles. The summed E-state index contributed by atoms with van der Waals surface area (Å²) in [5, 5.41) is 3.05. The van der Waals surface area contributed by atoms with Crippen LogP contribution in [0.5, 0.6) is 0 Å². The van der Waals surface area contributed by atoms with Crippen molar-refractivity contribution in [3.05, 3.63) is 36.4 Å². The molecule has 1 aromatic rings. The number of benzene rings is 1. The van der Waals surface area contributed by atoms with Crippen LogP contribution in [0.2, 0.25) is 5.02 Å². The van der Waals surface area contributed by atoms with Gasteiger partial charge in [-0.1, -0.05) is 11.6 Å². The second kappa shape index (κ2) is 3.97. The van der Waals surface area contributed by atoms with E-state index in [-0.39, 0.29) is 0 Å². The molecular formula is C8H7ClNO2. The average molecular weight is 185 g/mol. The molecule has 0 saturated heterocycles. The molecule has 0 unspecified atom stereocenters. The van der Waals surface area contributed by atoms with Crippen molar-refractivity contribution in [1.82, 2.24) is 0 Å². The van der Waals surface area contributed by atoms with E-state index in [9.17, 15) is 4.79 Å². The summed E-state index contributed by atoms with van der Waals surface area (Å²) in [6.45, 7) is 0. The van der Waals surface area contributed by atoms with Gasteiger partial charge in [0.2, 0.25) is 0 Å². The predicted octanol–water partition coefficient (Wildman–Crippen LogP) is 2.68. The van der Waals surface area contributed by atoms with Crippen molar-refractivity contribution in [3.63, 3.8) is 0 Å². The van der Waals surface area contributed by atoms with E-state index >= 15 is 0 Å². The minimum Gasteiger partial charge on any atom is -0.446 e. The van der Waals surface area contributed by atoms with E-state index < -0.39 is 6.09 Å². The van der Waals surface area contributed by atoms with Gasteiger partial charge in [0.15, 0.2) is 0 Å². The maximum atomic E-state index is 10.6. The van der Waals surface area contributed by atoms with Crippen molar-refractivity contribution in [1.29, 1.82) is 0 Å².